The van der Waals surface area contributed by atoms with Crippen LogP contribution in [0.1, 0.15) is 46.5 Å². The Morgan fingerprint density at radius 2 is 1.89 bits per heavy atom. The number of nitrogens with two attached hydrogens (primary N) is 1. The SMILES string of the molecule is CCCCC(CC)(CN)N(CC)c1ccccc1F. The topological polar surface area (TPSA) is 29.3 Å². The van der Waals surface area contributed by atoms with Crippen molar-refractivity contribution < 1.29 is 4.39 Å². The molecule has 3 heteroatoms. The Morgan fingerprint density at radius 3 is 2.37 bits per heavy atom. The van der Waals surface area contributed by atoms with Gasteiger partial charge in [-0.2, -0.15) is 0 Å². The second-order valence-electron chi connectivity index (χ2n) is 5.08. The quantitative estimate of drug-likeness (QED) is 0.772. The van der Waals surface area contributed by atoms with Gasteiger partial charge in [0, 0.05) is 13.1 Å². The Balaban J connectivity index is 3.13. The van der Waals surface area contributed by atoms with Crippen LogP contribution in [-0.2, 0) is 0 Å². The third-order valence-electron chi connectivity index (χ3n) is 4.07. The van der Waals surface area contributed by atoms with Gasteiger partial charge in [0.2, 0.25) is 0 Å². The van der Waals surface area contributed by atoms with Gasteiger partial charge in [0.15, 0.2) is 0 Å². The lowest BCUT2D eigenvalue weighted by Gasteiger charge is -2.44. The number of rotatable bonds is 8. The molecule has 0 fully saturated rings. The van der Waals surface area contributed by atoms with Crippen LogP contribution in [0.4, 0.5) is 10.1 Å². The number of unbranched alkanes of at least 4 members (excludes halogenated alkanes) is 1. The van der Waals surface area contributed by atoms with Crippen LogP contribution >= 0.6 is 0 Å². The van der Waals surface area contributed by atoms with Gasteiger partial charge in [-0.3, -0.25) is 0 Å². The summed E-state index contributed by atoms with van der Waals surface area (Å²) >= 11 is 0. The minimum atomic E-state index is -0.160. The van der Waals surface area contributed by atoms with Crippen molar-refractivity contribution in [1.29, 1.82) is 0 Å². The van der Waals surface area contributed by atoms with E-state index >= 15 is 0 Å². The molecule has 0 bridgehead atoms. The molecule has 108 valence electrons. The molecule has 1 unspecified atom stereocenters. The zero-order valence-electron chi connectivity index (χ0n) is 12.5. The lowest BCUT2D eigenvalue weighted by molar-refractivity contribution is 0.344. The number of hydrogen-bond acceptors (Lipinski definition) is 2. The van der Waals surface area contributed by atoms with Crippen molar-refractivity contribution in [2.45, 2.75) is 52.0 Å². The van der Waals surface area contributed by atoms with Gasteiger partial charge in [-0.25, -0.2) is 4.39 Å². The maximum absolute atomic E-state index is 14.1. The maximum atomic E-state index is 14.1. The standard InChI is InChI=1S/C16H27FN2/c1-4-7-12-16(5-2,13-18)19(6-3)15-11-9-8-10-14(15)17/h8-11H,4-7,12-13,18H2,1-3H3. The predicted octanol–water partition coefficient (Wildman–Crippen LogP) is 3.95. The fourth-order valence-corrected chi connectivity index (χ4v) is 2.80. The summed E-state index contributed by atoms with van der Waals surface area (Å²) in [7, 11) is 0. The molecule has 0 aliphatic rings. The molecule has 1 aromatic carbocycles. The highest BCUT2D eigenvalue weighted by molar-refractivity contribution is 5.50. The molecule has 0 saturated heterocycles. The number of hydrogen-bond donors (Lipinski definition) is 1. The number of para-hydroxylation sites is 1. The summed E-state index contributed by atoms with van der Waals surface area (Å²) in [6.45, 7) is 7.72. The third kappa shape index (κ3) is 3.47. The largest absolute Gasteiger partial charge is 0.363 e. The molecule has 0 saturated carbocycles. The third-order valence-corrected chi connectivity index (χ3v) is 4.07. The van der Waals surface area contributed by atoms with Gasteiger partial charge in [-0.1, -0.05) is 38.8 Å². The molecule has 1 atom stereocenters. The van der Waals surface area contributed by atoms with Gasteiger partial charge in [0.1, 0.15) is 5.82 Å². The maximum Gasteiger partial charge on any atom is 0.146 e. The van der Waals surface area contributed by atoms with Crippen LogP contribution in [0, 0.1) is 5.82 Å². The first-order valence-corrected chi connectivity index (χ1v) is 7.37. The van der Waals surface area contributed by atoms with Crippen molar-refractivity contribution in [3.8, 4) is 0 Å². The first-order valence-electron chi connectivity index (χ1n) is 7.37. The van der Waals surface area contributed by atoms with Gasteiger partial charge in [-0.15, -0.1) is 0 Å². The number of benzene rings is 1. The van der Waals surface area contributed by atoms with Crippen LogP contribution in [0.15, 0.2) is 24.3 Å². The molecule has 19 heavy (non-hydrogen) atoms. The summed E-state index contributed by atoms with van der Waals surface area (Å²) in [5, 5.41) is 0. The van der Waals surface area contributed by atoms with Crippen molar-refractivity contribution >= 4 is 5.69 Å². The Hall–Kier alpha value is -1.09. The normalized spacial score (nSPS) is 14.2. The van der Waals surface area contributed by atoms with Crippen molar-refractivity contribution in [1.82, 2.24) is 0 Å². The lowest BCUT2D eigenvalue weighted by Crippen LogP contribution is -2.54. The smallest absolute Gasteiger partial charge is 0.146 e. The molecule has 1 rings (SSSR count). The van der Waals surface area contributed by atoms with Crippen LogP contribution in [0.3, 0.4) is 0 Å². The Morgan fingerprint density at radius 1 is 1.21 bits per heavy atom. The number of anilines is 1. The molecule has 0 aliphatic heterocycles. The minimum Gasteiger partial charge on any atom is -0.363 e. The zero-order chi connectivity index (χ0) is 14.3. The summed E-state index contributed by atoms with van der Waals surface area (Å²) in [5.74, 6) is -0.160. The first-order chi connectivity index (χ1) is 9.15. The van der Waals surface area contributed by atoms with Gasteiger partial charge >= 0.3 is 0 Å². The monoisotopic (exact) mass is 266 g/mol. The summed E-state index contributed by atoms with van der Waals surface area (Å²) < 4.78 is 14.1. The molecule has 0 aliphatic carbocycles. The average molecular weight is 266 g/mol. The molecule has 0 heterocycles. The predicted molar refractivity (Wildman–Crippen MR) is 81.0 cm³/mol. The number of likely N-dealkylation sites (N-methyl/N-ethyl adjacent to an activating group) is 1. The molecule has 1 aromatic rings. The van der Waals surface area contributed by atoms with E-state index in [-0.39, 0.29) is 11.4 Å². The van der Waals surface area contributed by atoms with E-state index in [1.54, 1.807) is 6.07 Å². The highest BCUT2D eigenvalue weighted by atomic mass is 19.1. The fourth-order valence-electron chi connectivity index (χ4n) is 2.80. The van der Waals surface area contributed by atoms with Crippen molar-refractivity contribution in [2.24, 2.45) is 5.73 Å². The van der Waals surface area contributed by atoms with E-state index in [1.165, 1.54) is 6.07 Å². The zero-order valence-corrected chi connectivity index (χ0v) is 12.5. The van der Waals surface area contributed by atoms with E-state index in [2.05, 4.69) is 25.7 Å². The van der Waals surface area contributed by atoms with E-state index in [9.17, 15) is 4.39 Å². The van der Waals surface area contributed by atoms with Crippen molar-refractivity contribution in [3.05, 3.63) is 30.1 Å². The van der Waals surface area contributed by atoms with Crippen LogP contribution in [-0.4, -0.2) is 18.6 Å². The van der Waals surface area contributed by atoms with Crippen LogP contribution in [0.25, 0.3) is 0 Å². The molecular formula is C16H27FN2. The summed E-state index contributed by atoms with van der Waals surface area (Å²) in [5.41, 5.74) is 6.60. The molecule has 0 aromatic heterocycles. The van der Waals surface area contributed by atoms with Gasteiger partial charge < -0.3 is 10.6 Å². The van der Waals surface area contributed by atoms with E-state index in [1.807, 2.05) is 12.1 Å². The molecule has 0 amide bonds. The number of nitrogens with zero attached hydrogens (tertiary/aromatic N) is 1. The van der Waals surface area contributed by atoms with E-state index < -0.39 is 0 Å². The molecular weight excluding hydrogens is 239 g/mol. The second-order valence-corrected chi connectivity index (χ2v) is 5.08. The molecule has 2 N–H and O–H groups in total. The first kappa shape index (κ1) is 16.0. The minimum absolute atomic E-state index is 0.132. The van der Waals surface area contributed by atoms with Crippen molar-refractivity contribution in [3.63, 3.8) is 0 Å². The van der Waals surface area contributed by atoms with Crippen LogP contribution in [0.5, 0.6) is 0 Å². The molecule has 0 spiro atoms. The summed E-state index contributed by atoms with van der Waals surface area (Å²) in [6, 6.07) is 6.99. The van der Waals surface area contributed by atoms with E-state index in [4.69, 9.17) is 5.73 Å². The van der Waals surface area contributed by atoms with E-state index in [0.29, 0.717) is 12.2 Å². The van der Waals surface area contributed by atoms with Gasteiger partial charge in [0.05, 0.1) is 11.2 Å². The van der Waals surface area contributed by atoms with Gasteiger partial charge in [0.25, 0.3) is 0 Å². The Labute approximate surface area is 116 Å². The second kappa shape index (κ2) is 7.49. The van der Waals surface area contributed by atoms with Crippen LogP contribution in [0.2, 0.25) is 0 Å². The lowest BCUT2D eigenvalue weighted by atomic mass is 9.87. The highest BCUT2D eigenvalue weighted by Gasteiger charge is 2.33. The highest BCUT2D eigenvalue weighted by Crippen LogP contribution is 2.32. The van der Waals surface area contributed by atoms with Crippen LogP contribution < -0.4 is 10.6 Å². The molecule has 2 nitrogen and oxygen atoms in total. The average Bonchev–Trinajstić information content (AvgIpc) is 2.45. The Bertz CT molecular complexity index is 375. The summed E-state index contributed by atoms with van der Waals surface area (Å²) in [6.07, 6.45) is 4.21. The number of halogens is 1. The Kier molecular flexibility index (Phi) is 6.29. The van der Waals surface area contributed by atoms with Gasteiger partial charge in [-0.05, 0) is 31.9 Å². The van der Waals surface area contributed by atoms with E-state index in [0.717, 1.165) is 32.2 Å². The van der Waals surface area contributed by atoms with Crippen molar-refractivity contribution in [2.75, 3.05) is 18.0 Å². The summed E-state index contributed by atoms with van der Waals surface area (Å²) in [4.78, 5) is 2.15. The molecule has 0 radical (unpaired) electrons. The fraction of sp³-hybridized carbons (Fsp3) is 0.625.